The summed E-state index contributed by atoms with van der Waals surface area (Å²) in [5.74, 6) is 0.526. The van der Waals surface area contributed by atoms with E-state index in [1.807, 2.05) is 0 Å². The van der Waals surface area contributed by atoms with Crippen molar-refractivity contribution in [2.45, 2.75) is 31.9 Å². The van der Waals surface area contributed by atoms with E-state index in [4.69, 9.17) is 9.52 Å². The molecule has 0 unspecified atom stereocenters. The molecule has 0 saturated carbocycles. The van der Waals surface area contributed by atoms with E-state index in [-0.39, 0.29) is 29.6 Å². The maximum Gasteiger partial charge on any atom is 0.246 e. The second-order valence-corrected chi connectivity index (χ2v) is 6.48. The van der Waals surface area contributed by atoms with Crippen molar-refractivity contribution in [3.05, 3.63) is 47.7 Å². The maximum atomic E-state index is 12.7. The summed E-state index contributed by atoms with van der Waals surface area (Å²) in [6.45, 7) is 3.63. The van der Waals surface area contributed by atoms with Gasteiger partial charge in [0.15, 0.2) is 0 Å². The van der Waals surface area contributed by atoms with E-state index in [0.717, 1.165) is 5.56 Å². The van der Waals surface area contributed by atoms with E-state index in [0.29, 0.717) is 6.54 Å². The van der Waals surface area contributed by atoms with Gasteiger partial charge >= 0.3 is 0 Å². The zero-order chi connectivity index (χ0) is 15.5. The summed E-state index contributed by atoms with van der Waals surface area (Å²) in [5, 5.41) is 9.06. The van der Waals surface area contributed by atoms with Gasteiger partial charge in [0.1, 0.15) is 23.0 Å². The molecule has 0 fully saturated rings. The largest absolute Gasteiger partial charge is 0.462 e. The molecule has 0 saturated heterocycles. The minimum atomic E-state index is -3.66. The number of aryl methyl sites for hydroxylation is 1. The van der Waals surface area contributed by atoms with Crippen molar-refractivity contribution in [2.75, 3.05) is 6.54 Å². The molecule has 0 aliphatic heterocycles. The third-order valence-corrected chi connectivity index (χ3v) is 5.19. The number of aromatic nitrogens is 1. The summed E-state index contributed by atoms with van der Waals surface area (Å²) < 4.78 is 32.0. The highest BCUT2D eigenvalue weighted by molar-refractivity contribution is 7.89. The fraction of sp³-hybridized carbons (Fsp3) is 0.357. The number of aliphatic hydroxyl groups is 1. The molecule has 0 radical (unpaired) electrons. The number of rotatable bonds is 6. The van der Waals surface area contributed by atoms with Gasteiger partial charge < -0.3 is 9.52 Å². The Morgan fingerprint density at radius 1 is 1.33 bits per heavy atom. The zero-order valence-electron chi connectivity index (χ0n) is 12.0. The standard InChI is InChI=1S/C14H18N2O4S/c1-3-16(9-12-4-6-15-7-5-12)21(18,19)14-8-13(10-17)20-11(14)2/h4-8,17H,3,9-10H2,1-2H3. The average Bonchev–Trinajstić information content (AvgIpc) is 2.87. The van der Waals surface area contributed by atoms with Crippen LogP contribution < -0.4 is 0 Å². The Labute approximate surface area is 124 Å². The molecule has 2 aromatic rings. The lowest BCUT2D eigenvalue weighted by Gasteiger charge is -2.20. The molecule has 2 heterocycles. The van der Waals surface area contributed by atoms with Gasteiger partial charge in [-0.3, -0.25) is 4.98 Å². The number of hydrogen-bond donors (Lipinski definition) is 1. The van der Waals surface area contributed by atoms with E-state index in [1.54, 1.807) is 38.4 Å². The van der Waals surface area contributed by atoms with Crippen molar-refractivity contribution in [1.82, 2.24) is 9.29 Å². The Morgan fingerprint density at radius 2 is 2.00 bits per heavy atom. The highest BCUT2D eigenvalue weighted by Gasteiger charge is 2.27. The number of aliphatic hydroxyl groups excluding tert-OH is 1. The van der Waals surface area contributed by atoms with Crippen LogP contribution >= 0.6 is 0 Å². The SMILES string of the molecule is CCN(Cc1ccncc1)S(=O)(=O)c1cc(CO)oc1C. The lowest BCUT2D eigenvalue weighted by molar-refractivity contribution is 0.244. The molecule has 6 nitrogen and oxygen atoms in total. The quantitative estimate of drug-likeness (QED) is 0.877. The van der Waals surface area contributed by atoms with Crippen molar-refractivity contribution in [3.8, 4) is 0 Å². The molecule has 0 aliphatic rings. The molecule has 2 rings (SSSR count). The minimum Gasteiger partial charge on any atom is -0.462 e. The number of hydrogen-bond acceptors (Lipinski definition) is 5. The lowest BCUT2D eigenvalue weighted by atomic mass is 10.3. The van der Waals surface area contributed by atoms with Gasteiger partial charge in [0, 0.05) is 31.5 Å². The first-order valence-electron chi connectivity index (χ1n) is 6.58. The van der Waals surface area contributed by atoms with Gasteiger partial charge in [0.25, 0.3) is 0 Å². The Balaban J connectivity index is 2.33. The Hall–Kier alpha value is -1.70. The summed E-state index contributed by atoms with van der Waals surface area (Å²) in [6.07, 6.45) is 3.26. The van der Waals surface area contributed by atoms with E-state index in [2.05, 4.69) is 4.98 Å². The van der Waals surface area contributed by atoms with Crippen LogP contribution in [0.1, 0.15) is 24.0 Å². The second-order valence-electron chi connectivity index (χ2n) is 4.58. The first-order valence-corrected chi connectivity index (χ1v) is 8.02. The summed E-state index contributed by atoms with van der Waals surface area (Å²) in [5.41, 5.74) is 0.860. The Kier molecular flexibility index (Phi) is 4.76. The average molecular weight is 310 g/mol. The van der Waals surface area contributed by atoms with Gasteiger partial charge in [-0.1, -0.05) is 6.92 Å². The Morgan fingerprint density at radius 3 is 2.52 bits per heavy atom. The summed E-state index contributed by atoms with van der Waals surface area (Å²) in [4.78, 5) is 4.02. The van der Waals surface area contributed by atoms with Crippen LogP contribution in [0.3, 0.4) is 0 Å². The van der Waals surface area contributed by atoms with Gasteiger partial charge in [0.05, 0.1) is 0 Å². The zero-order valence-corrected chi connectivity index (χ0v) is 12.8. The molecule has 0 spiro atoms. The molecule has 0 aliphatic carbocycles. The van der Waals surface area contributed by atoms with Crippen molar-refractivity contribution in [3.63, 3.8) is 0 Å². The Bertz CT molecular complexity index is 695. The number of nitrogens with zero attached hydrogens (tertiary/aromatic N) is 2. The van der Waals surface area contributed by atoms with Crippen LogP contribution in [-0.2, 0) is 23.2 Å². The van der Waals surface area contributed by atoms with Gasteiger partial charge in [0.2, 0.25) is 10.0 Å². The molecule has 7 heteroatoms. The lowest BCUT2D eigenvalue weighted by Crippen LogP contribution is -2.30. The van der Waals surface area contributed by atoms with E-state index < -0.39 is 10.0 Å². The molecule has 0 amide bonds. The first kappa shape index (κ1) is 15.7. The maximum absolute atomic E-state index is 12.7. The normalized spacial score (nSPS) is 12.0. The van der Waals surface area contributed by atoms with Crippen LogP contribution in [0.15, 0.2) is 39.9 Å². The summed E-state index contributed by atoms with van der Waals surface area (Å²) in [7, 11) is -3.66. The smallest absolute Gasteiger partial charge is 0.246 e. The van der Waals surface area contributed by atoms with Crippen LogP contribution in [0.25, 0.3) is 0 Å². The van der Waals surface area contributed by atoms with E-state index in [1.165, 1.54) is 10.4 Å². The van der Waals surface area contributed by atoms with Crippen LogP contribution in [-0.4, -0.2) is 29.4 Å². The topological polar surface area (TPSA) is 83.6 Å². The van der Waals surface area contributed by atoms with Crippen LogP contribution in [0.5, 0.6) is 0 Å². The van der Waals surface area contributed by atoms with Crippen LogP contribution in [0, 0.1) is 6.92 Å². The summed E-state index contributed by atoms with van der Waals surface area (Å²) >= 11 is 0. The number of sulfonamides is 1. The molecule has 0 atom stereocenters. The molecular weight excluding hydrogens is 292 g/mol. The monoisotopic (exact) mass is 310 g/mol. The molecule has 21 heavy (non-hydrogen) atoms. The van der Waals surface area contributed by atoms with E-state index in [9.17, 15) is 8.42 Å². The molecule has 114 valence electrons. The second kappa shape index (κ2) is 6.38. The van der Waals surface area contributed by atoms with Crippen molar-refractivity contribution < 1.29 is 17.9 Å². The molecule has 0 bridgehead atoms. The van der Waals surface area contributed by atoms with Gasteiger partial charge in [-0.05, 0) is 24.6 Å². The minimum absolute atomic E-state index is 0.0995. The van der Waals surface area contributed by atoms with Crippen molar-refractivity contribution >= 4 is 10.0 Å². The number of furan rings is 1. The van der Waals surface area contributed by atoms with Gasteiger partial charge in [-0.2, -0.15) is 4.31 Å². The van der Waals surface area contributed by atoms with E-state index >= 15 is 0 Å². The first-order chi connectivity index (χ1) is 9.98. The fourth-order valence-corrected chi connectivity index (χ4v) is 3.68. The molecule has 1 N–H and O–H groups in total. The highest BCUT2D eigenvalue weighted by atomic mass is 32.2. The third-order valence-electron chi connectivity index (χ3n) is 3.16. The summed E-state index contributed by atoms with van der Waals surface area (Å²) in [6, 6.07) is 4.93. The molecular formula is C14H18N2O4S. The fourth-order valence-electron chi connectivity index (χ4n) is 2.06. The molecule has 2 aromatic heterocycles. The van der Waals surface area contributed by atoms with Crippen molar-refractivity contribution in [2.24, 2.45) is 0 Å². The van der Waals surface area contributed by atoms with Gasteiger partial charge in [-0.25, -0.2) is 8.42 Å². The van der Waals surface area contributed by atoms with Gasteiger partial charge in [-0.15, -0.1) is 0 Å². The van der Waals surface area contributed by atoms with Crippen LogP contribution in [0.4, 0.5) is 0 Å². The highest BCUT2D eigenvalue weighted by Crippen LogP contribution is 2.24. The molecule has 0 aromatic carbocycles. The van der Waals surface area contributed by atoms with Crippen LogP contribution in [0.2, 0.25) is 0 Å². The third kappa shape index (κ3) is 3.31. The predicted octanol–water partition coefficient (Wildman–Crippen LogP) is 1.69. The number of pyridine rings is 1. The predicted molar refractivity (Wildman–Crippen MR) is 76.9 cm³/mol. The van der Waals surface area contributed by atoms with Crippen molar-refractivity contribution in [1.29, 1.82) is 0 Å².